The van der Waals surface area contributed by atoms with Crippen LogP contribution in [0.3, 0.4) is 0 Å². The highest BCUT2D eigenvalue weighted by atomic mass is 16.4. The lowest BCUT2D eigenvalue weighted by Crippen LogP contribution is -2.48. The fourth-order valence-corrected chi connectivity index (χ4v) is 7.44. The fraction of sp³-hybridized carbons (Fsp3) is 0.903. The summed E-state index contributed by atoms with van der Waals surface area (Å²) in [6.07, 6.45) is 28.4. The number of fused-ring (bicyclic) bond motifs is 1. The molecule has 3 atom stereocenters. The molecule has 0 saturated heterocycles. The Balaban J connectivity index is 1.46. The second-order valence-electron chi connectivity index (χ2n) is 12.5. The lowest BCUT2D eigenvalue weighted by Gasteiger charge is -2.57. The van der Waals surface area contributed by atoms with Crippen LogP contribution in [0.15, 0.2) is 11.6 Å². The zero-order chi connectivity index (χ0) is 24.2. The minimum atomic E-state index is -0.650. The maximum atomic E-state index is 10.5. The van der Waals surface area contributed by atoms with Gasteiger partial charge in [0.05, 0.1) is 0 Å². The molecule has 0 bridgehead atoms. The highest BCUT2D eigenvalue weighted by Gasteiger charge is 2.51. The molecule has 33 heavy (non-hydrogen) atoms. The average molecular weight is 461 g/mol. The average Bonchev–Trinajstić information content (AvgIpc) is 2.74. The van der Waals surface area contributed by atoms with Crippen LogP contribution in [0.25, 0.3) is 0 Å². The molecule has 2 aliphatic rings. The second kappa shape index (κ2) is 14.6. The lowest BCUT2D eigenvalue weighted by molar-refractivity contribution is -0.137. The zero-order valence-electron chi connectivity index (χ0n) is 22.7. The van der Waals surface area contributed by atoms with Crippen molar-refractivity contribution >= 4 is 5.97 Å². The minimum Gasteiger partial charge on any atom is -0.481 e. The van der Waals surface area contributed by atoms with E-state index >= 15 is 0 Å². The number of hydrogen-bond acceptors (Lipinski definition) is 1. The standard InChI is InChI=1S/C31H56O2/c1-26-22-23-28-30(2,3)24-19-25-31(28,4)27(26)20-17-15-13-11-9-7-5-6-8-10-12-14-16-18-21-29(32)33/h22,27-28H,5-21,23-25H2,1-4H3,(H,32,33)/t27-,28+,31-/m0/s1. The van der Waals surface area contributed by atoms with Crippen molar-refractivity contribution in [3.05, 3.63) is 11.6 Å². The molecule has 0 unspecified atom stereocenters. The molecule has 0 amide bonds. The summed E-state index contributed by atoms with van der Waals surface area (Å²) in [7, 11) is 0. The number of rotatable bonds is 17. The van der Waals surface area contributed by atoms with Gasteiger partial charge in [0.15, 0.2) is 0 Å². The second-order valence-corrected chi connectivity index (χ2v) is 12.5. The highest BCUT2D eigenvalue weighted by molar-refractivity contribution is 5.66. The van der Waals surface area contributed by atoms with Crippen molar-refractivity contribution in [1.29, 1.82) is 0 Å². The van der Waals surface area contributed by atoms with Gasteiger partial charge >= 0.3 is 5.97 Å². The molecule has 0 aliphatic heterocycles. The summed E-state index contributed by atoms with van der Waals surface area (Å²) in [6, 6.07) is 0. The number of carboxylic acid groups (broad SMARTS) is 1. The van der Waals surface area contributed by atoms with E-state index in [1.807, 2.05) is 0 Å². The normalized spacial score (nSPS) is 26.6. The van der Waals surface area contributed by atoms with Gasteiger partial charge in [-0.3, -0.25) is 4.79 Å². The van der Waals surface area contributed by atoms with Gasteiger partial charge in [-0.05, 0) is 61.7 Å². The molecule has 0 spiro atoms. The van der Waals surface area contributed by atoms with E-state index in [0.29, 0.717) is 17.3 Å². The number of unbranched alkanes of at least 4 members (excludes halogenated alkanes) is 13. The minimum absolute atomic E-state index is 0.343. The highest BCUT2D eigenvalue weighted by Crippen LogP contribution is 2.60. The van der Waals surface area contributed by atoms with Crippen LogP contribution in [0.5, 0.6) is 0 Å². The van der Waals surface area contributed by atoms with Gasteiger partial charge in [-0.1, -0.05) is 122 Å². The summed E-state index contributed by atoms with van der Waals surface area (Å²) in [5.74, 6) is 1.06. The van der Waals surface area contributed by atoms with Crippen LogP contribution in [0.4, 0.5) is 0 Å². The molecule has 0 aromatic carbocycles. The number of aliphatic carboxylic acids is 1. The Morgan fingerprint density at radius 1 is 0.818 bits per heavy atom. The Morgan fingerprint density at radius 2 is 1.30 bits per heavy atom. The number of hydrogen-bond donors (Lipinski definition) is 1. The Morgan fingerprint density at radius 3 is 1.82 bits per heavy atom. The summed E-state index contributed by atoms with van der Waals surface area (Å²) in [5.41, 5.74) is 2.76. The number of carboxylic acids is 1. The summed E-state index contributed by atoms with van der Waals surface area (Å²) in [4.78, 5) is 10.5. The largest absolute Gasteiger partial charge is 0.481 e. The summed E-state index contributed by atoms with van der Waals surface area (Å²) in [6.45, 7) is 10.1. The summed E-state index contributed by atoms with van der Waals surface area (Å²) < 4.78 is 0. The molecule has 0 heterocycles. The molecule has 2 nitrogen and oxygen atoms in total. The van der Waals surface area contributed by atoms with E-state index in [-0.39, 0.29) is 0 Å². The third-order valence-electron chi connectivity index (χ3n) is 9.43. The van der Waals surface area contributed by atoms with Crippen LogP contribution >= 0.6 is 0 Å². The summed E-state index contributed by atoms with van der Waals surface area (Å²) in [5, 5.41) is 8.64. The van der Waals surface area contributed by atoms with Crippen molar-refractivity contribution < 1.29 is 9.90 Å². The van der Waals surface area contributed by atoms with E-state index in [1.165, 1.54) is 109 Å². The third-order valence-corrected chi connectivity index (χ3v) is 9.43. The topological polar surface area (TPSA) is 37.3 Å². The third kappa shape index (κ3) is 9.41. The van der Waals surface area contributed by atoms with E-state index < -0.39 is 5.97 Å². The zero-order valence-corrected chi connectivity index (χ0v) is 22.7. The van der Waals surface area contributed by atoms with Crippen LogP contribution in [0.2, 0.25) is 0 Å². The monoisotopic (exact) mass is 460 g/mol. The van der Waals surface area contributed by atoms with Crippen molar-refractivity contribution in [2.24, 2.45) is 22.7 Å². The molecule has 192 valence electrons. The van der Waals surface area contributed by atoms with Gasteiger partial charge in [0.25, 0.3) is 0 Å². The molecule has 0 aromatic rings. The van der Waals surface area contributed by atoms with Crippen molar-refractivity contribution in [1.82, 2.24) is 0 Å². The predicted octanol–water partition coefficient (Wildman–Crippen LogP) is 10.1. The van der Waals surface area contributed by atoms with E-state index in [0.717, 1.165) is 24.7 Å². The Kier molecular flexibility index (Phi) is 12.6. The van der Waals surface area contributed by atoms with E-state index in [4.69, 9.17) is 5.11 Å². The Labute approximate surface area is 206 Å². The smallest absolute Gasteiger partial charge is 0.303 e. The number of carbonyl (C=O) groups is 1. The van der Waals surface area contributed by atoms with Gasteiger partial charge in [0.1, 0.15) is 0 Å². The fourth-order valence-electron chi connectivity index (χ4n) is 7.44. The van der Waals surface area contributed by atoms with Crippen molar-refractivity contribution in [2.45, 2.75) is 156 Å². The SMILES string of the molecule is CC1=CC[C@@H]2C(C)(C)CCC[C@@]2(C)[C@H]1CCCCCCCCCCCCCCCCC(=O)O. The Hall–Kier alpha value is -0.790. The molecule has 2 aliphatic carbocycles. The quantitative estimate of drug-likeness (QED) is 0.173. The van der Waals surface area contributed by atoms with Gasteiger partial charge < -0.3 is 5.11 Å². The molecule has 0 aromatic heterocycles. The molecule has 0 radical (unpaired) electrons. The molecule has 1 fully saturated rings. The molecule has 1 saturated carbocycles. The Bertz CT molecular complexity index is 590. The van der Waals surface area contributed by atoms with Gasteiger partial charge in [-0.25, -0.2) is 0 Å². The maximum absolute atomic E-state index is 10.5. The van der Waals surface area contributed by atoms with Crippen molar-refractivity contribution in [2.75, 3.05) is 0 Å². The summed E-state index contributed by atoms with van der Waals surface area (Å²) >= 11 is 0. The lowest BCUT2D eigenvalue weighted by atomic mass is 9.48. The van der Waals surface area contributed by atoms with E-state index in [9.17, 15) is 4.79 Å². The first-order valence-corrected chi connectivity index (χ1v) is 14.7. The van der Waals surface area contributed by atoms with Gasteiger partial charge in [0.2, 0.25) is 0 Å². The molecular formula is C31H56O2. The molecular weight excluding hydrogens is 404 g/mol. The first-order chi connectivity index (χ1) is 15.8. The van der Waals surface area contributed by atoms with Gasteiger partial charge in [-0.15, -0.1) is 0 Å². The number of allylic oxidation sites excluding steroid dienone is 2. The maximum Gasteiger partial charge on any atom is 0.303 e. The van der Waals surface area contributed by atoms with E-state index in [1.54, 1.807) is 5.57 Å². The van der Waals surface area contributed by atoms with Crippen LogP contribution in [-0.2, 0) is 4.79 Å². The predicted molar refractivity (Wildman–Crippen MR) is 143 cm³/mol. The van der Waals surface area contributed by atoms with Crippen LogP contribution < -0.4 is 0 Å². The van der Waals surface area contributed by atoms with Crippen LogP contribution in [0.1, 0.15) is 156 Å². The van der Waals surface area contributed by atoms with E-state index in [2.05, 4.69) is 33.8 Å². The van der Waals surface area contributed by atoms with Crippen molar-refractivity contribution in [3.63, 3.8) is 0 Å². The molecule has 2 heteroatoms. The first kappa shape index (κ1) is 28.4. The van der Waals surface area contributed by atoms with Crippen LogP contribution in [0, 0.1) is 22.7 Å². The van der Waals surface area contributed by atoms with Gasteiger partial charge in [-0.2, -0.15) is 0 Å². The molecule has 1 N–H and O–H groups in total. The first-order valence-electron chi connectivity index (χ1n) is 14.7. The van der Waals surface area contributed by atoms with Crippen LogP contribution in [-0.4, -0.2) is 11.1 Å². The van der Waals surface area contributed by atoms with Crippen molar-refractivity contribution in [3.8, 4) is 0 Å². The van der Waals surface area contributed by atoms with Gasteiger partial charge in [0, 0.05) is 6.42 Å². The molecule has 2 rings (SSSR count).